The number of nitrogens with zero attached hydrogens (tertiary/aromatic N) is 1. The molecule has 5 heteroatoms. The topological polar surface area (TPSA) is 67.8 Å². The average Bonchev–Trinajstić information content (AvgIpc) is 2.50. The second-order valence-corrected chi connectivity index (χ2v) is 5.80. The predicted octanol–water partition coefficient (Wildman–Crippen LogP) is 3.56. The molecule has 0 saturated heterocycles. The van der Waals surface area contributed by atoms with Crippen LogP contribution in [0.25, 0.3) is 0 Å². The fraction of sp³-hybridized carbons (Fsp3) is 0.188. The molecule has 2 rings (SSSR count). The minimum absolute atomic E-state index is 0.0884. The maximum absolute atomic E-state index is 8.93. The molecule has 0 aromatic heterocycles. The molecule has 4 nitrogen and oxygen atoms in total. The Bertz CT molecular complexity index is 684. The smallest absolute Gasteiger partial charge is 0.171 e. The van der Waals surface area contributed by atoms with Gasteiger partial charge >= 0.3 is 0 Å². The summed E-state index contributed by atoms with van der Waals surface area (Å²) in [4.78, 5) is 2.02. The highest BCUT2D eigenvalue weighted by Crippen LogP contribution is 2.35. The molecule has 0 unspecified atom stereocenters. The van der Waals surface area contributed by atoms with E-state index in [4.69, 9.17) is 15.7 Å². The van der Waals surface area contributed by atoms with Crippen LogP contribution in [0.15, 0.2) is 51.3 Å². The second kappa shape index (κ2) is 6.54. The Hall–Kier alpha value is -2.14. The van der Waals surface area contributed by atoms with Gasteiger partial charge in [-0.2, -0.15) is 0 Å². The Balaban J connectivity index is 2.48. The van der Waals surface area contributed by atoms with Gasteiger partial charge in [-0.15, -0.1) is 0 Å². The molecule has 0 atom stereocenters. The minimum atomic E-state index is 0.0884. The highest BCUT2D eigenvalue weighted by Gasteiger charge is 2.11. The fourth-order valence-corrected chi connectivity index (χ4v) is 3.08. The third kappa shape index (κ3) is 3.49. The Kier molecular flexibility index (Phi) is 4.75. The summed E-state index contributed by atoms with van der Waals surface area (Å²) in [6.45, 7) is 4.12. The van der Waals surface area contributed by atoms with Crippen LogP contribution < -0.4 is 10.5 Å². The van der Waals surface area contributed by atoms with Crippen molar-refractivity contribution in [3.63, 3.8) is 0 Å². The van der Waals surface area contributed by atoms with Crippen LogP contribution in [-0.2, 0) is 0 Å². The average molecular weight is 302 g/mol. The monoisotopic (exact) mass is 302 g/mol. The lowest BCUT2D eigenvalue weighted by molar-refractivity contribution is 0.318. The van der Waals surface area contributed by atoms with E-state index in [0.717, 1.165) is 15.5 Å². The maximum atomic E-state index is 8.93. The number of hydrogen-bond acceptors (Lipinski definition) is 4. The fourth-order valence-electron chi connectivity index (χ4n) is 1.92. The van der Waals surface area contributed by atoms with Crippen molar-refractivity contribution in [3.8, 4) is 5.75 Å². The minimum Gasteiger partial charge on any atom is -0.497 e. The lowest BCUT2D eigenvalue weighted by atomic mass is 10.2. The summed E-state index contributed by atoms with van der Waals surface area (Å²) in [5.41, 5.74) is 8.81. The van der Waals surface area contributed by atoms with Gasteiger partial charge in [0, 0.05) is 15.4 Å². The molecule has 0 saturated carbocycles. The largest absolute Gasteiger partial charge is 0.497 e. The Morgan fingerprint density at radius 3 is 2.57 bits per heavy atom. The molecule has 0 spiro atoms. The van der Waals surface area contributed by atoms with E-state index in [2.05, 4.69) is 37.2 Å². The van der Waals surface area contributed by atoms with E-state index in [-0.39, 0.29) is 5.84 Å². The van der Waals surface area contributed by atoms with Gasteiger partial charge in [0.25, 0.3) is 0 Å². The maximum Gasteiger partial charge on any atom is 0.171 e. The highest BCUT2D eigenvalue weighted by atomic mass is 32.2. The van der Waals surface area contributed by atoms with Crippen LogP contribution in [0.4, 0.5) is 0 Å². The lowest BCUT2D eigenvalue weighted by Crippen LogP contribution is -2.14. The van der Waals surface area contributed by atoms with E-state index < -0.39 is 0 Å². The molecule has 110 valence electrons. The Morgan fingerprint density at radius 2 is 1.90 bits per heavy atom. The van der Waals surface area contributed by atoms with Gasteiger partial charge in [-0.1, -0.05) is 29.1 Å². The SMILES string of the molecule is COc1ccc(/C(N)=N/O)c(Sc2cc(C)ccc2C)c1. The van der Waals surface area contributed by atoms with Crippen LogP contribution in [-0.4, -0.2) is 18.2 Å². The van der Waals surface area contributed by atoms with E-state index in [9.17, 15) is 0 Å². The number of nitrogens with two attached hydrogens (primary N) is 1. The second-order valence-electron chi connectivity index (χ2n) is 4.72. The molecule has 0 aliphatic carbocycles. The zero-order chi connectivity index (χ0) is 15.4. The number of benzene rings is 2. The number of rotatable bonds is 4. The first-order valence-corrected chi connectivity index (χ1v) is 7.28. The van der Waals surface area contributed by atoms with E-state index in [1.165, 1.54) is 11.1 Å². The van der Waals surface area contributed by atoms with E-state index in [0.29, 0.717) is 5.56 Å². The van der Waals surface area contributed by atoms with E-state index in [1.54, 1.807) is 31.0 Å². The van der Waals surface area contributed by atoms with Gasteiger partial charge in [-0.05, 0) is 49.2 Å². The van der Waals surface area contributed by atoms with Crippen LogP contribution >= 0.6 is 11.8 Å². The van der Waals surface area contributed by atoms with Crippen molar-refractivity contribution in [2.75, 3.05) is 7.11 Å². The van der Waals surface area contributed by atoms with Crippen molar-refractivity contribution in [1.82, 2.24) is 0 Å². The first kappa shape index (κ1) is 15.3. The normalized spacial score (nSPS) is 11.5. The van der Waals surface area contributed by atoms with Crippen LogP contribution in [0.5, 0.6) is 5.75 Å². The van der Waals surface area contributed by atoms with Gasteiger partial charge in [0.05, 0.1) is 7.11 Å². The van der Waals surface area contributed by atoms with Crippen LogP contribution in [0.2, 0.25) is 0 Å². The van der Waals surface area contributed by atoms with Crippen LogP contribution in [0.1, 0.15) is 16.7 Å². The van der Waals surface area contributed by atoms with Crippen molar-refractivity contribution >= 4 is 17.6 Å². The van der Waals surface area contributed by atoms with Crippen LogP contribution in [0.3, 0.4) is 0 Å². The van der Waals surface area contributed by atoms with E-state index >= 15 is 0 Å². The highest BCUT2D eigenvalue weighted by molar-refractivity contribution is 7.99. The molecular weight excluding hydrogens is 284 g/mol. The van der Waals surface area contributed by atoms with Gasteiger partial charge < -0.3 is 15.7 Å². The number of aryl methyl sites for hydroxylation is 2. The molecule has 0 amide bonds. The first-order valence-electron chi connectivity index (χ1n) is 6.46. The third-order valence-corrected chi connectivity index (χ3v) is 4.35. The van der Waals surface area contributed by atoms with Crippen molar-refractivity contribution in [2.24, 2.45) is 10.9 Å². The van der Waals surface area contributed by atoms with Crippen molar-refractivity contribution in [1.29, 1.82) is 0 Å². The molecule has 0 aliphatic heterocycles. The number of methoxy groups -OCH3 is 1. The first-order chi connectivity index (χ1) is 10.0. The summed E-state index contributed by atoms with van der Waals surface area (Å²) in [7, 11) is 1.62. The lowest BCUT2D eigenvalue weighted by Gasteiger charge is -2.12. The van der Waals surface area contributed by atoms with Crippen LogP contribution in [0, 0.1) is 13.8 Å². The number of ether oxygens (including phenoxy) is 1. The molecule has 0 bridgehead atoms. The Labute approximate surface area is 128 Å². The summed E-state index contributed by atoms with van der Waals surface area (Å²) in [6.07, 6.45) is 0. The molecule has 0 fully saturated rings. The molecule has 0 heterocycles. The summed E-state index contributed by atoms with van der Waals surface area (Å²) in [6, 6.07) is 11.8. The summed E-state index contributed by atoms with van der Waals surface area (Å²) in [5, 5.41) is 12.0. The van der Waals surface area contributed by atoms with Gasteiger partial charge in [0.2, 0.25) is 0 Å². The van der Waals surface area contributed by atoms with Crippen molar-refractivity contribution in [2.45, 2.75) is 23.6 Å². The predicted molar refractivity (Wildman–Crippen MR) is 85.5 cm³/mol. The summed E-state index contributed by atoms with van der Waals surface area (Å²) in [5.74, 6) is 0.822. The van der Waals surface area contributed by atoms with Gasteiger partial charge in [-0.25, -0.2) is 0 Å². The summed E-state index contributed by atoms with van der Waals surface area (Å²) >= 11 is 1.58. The molecule has 0 aliphatic rings. The third-order valence-electron chi connectivity index (χ3n) is 3.14. The van der Waals surface area contributed by atoms with Gasteiger partial charge in [-0.3, -0.25) is 0 Å². The van der Waals surface area contributed by atoms with Gasteiger partial charge in [0.1, 0.15) is 5.75 Å². The number of hydrogen-bond donors (Lipinski definition) is 2. The molecule has 3 N–H and O–H groups in total. The zero-order valence-electron chi connectivity index (χ0n) is 12.3. The Morgan fingerprint density at radius 1 is 1.14 bits per heavy atom. The van der Waals surface area contributed by atoms with Crippen molar-refractivity contribution < 1.29 is 9.94 Å². The summed E-state index contributed by atoms with van der Waals surface area (Å²) < 4.78 is 5.26. The number of amidine groups is 1. The van der Waals surface area contributed by atoms with Gasteiger partial charge in [0.15, 0.2) is 5.84 Å². The van der Waals surface area contributed by atoms with Crippen molar-refractivity contribution in [3.05, 3.63) is 53.1 Å². The zero-order valence-corrected chi connectivity index (χ0v) is 13.1. The quantitative estimate of drug-likeness (QED) is 0.392. The standard InChI is InChI=1S/C16H18N2O2S/c1-10-4-5-11(2)14(8-10)21-15-9-12(20-3)6-7-13(15)16(17)18-19/h4-9,19H,1-3H3,(H2,17,18). The molecule has 2 aromatic carbocycles. The number of oxime groups is 1. The molecule has 0 radical (unpaired) electrons. The molecule has 2 aromatic rings. The van der Waals surface area contributed by atoms with E-state index in [1.807, 2.05) is 6.07 Å². The molecule has 21 heavy (non-hydrogen) atoms. The molecular formula is C16H18N2O2S.